The average Bonchev–Trinajstić information content (AvgIpc) is 3.17. The number of ether oxygens (including phenoxy) is 1. The molecule has 1 aliphatic rings. The van der Waals surface area contributed by atoms with Crippen molar-refractivity contribution in [2.75, 3.05) is 0 Å². The highest BCUT2D eigenvalue weighted by molar-refractivity contribution is 6.07. The maximum Gasteiger partial charge on any atom is 0.430 e. The largest absolute Gasteiger partial charge is 0.439 e. The van der Waals surface area contributed by atoms with E-state index in [2.05, 4.69) is 31.1 Å². The molecule has 0 spiro atoms. The summed E-state index contributed by atoms with van der Waals surface area (Å²) < 4.78 is 86.7. The Balaban J connectivity index is 1.62. The molecule has 3 amide bonds. The monoisotopic (exact) mass is 651 g/mol. The molecule has 2 aromatic carbocycles. The number of aliphatic hydroxyl groups is 1. The van der Waals surface area contributed by atoms with Crippen LogP contribution in [-0.4, -0.2) is 39.3 Å². The summed E-state index contributed by atoms with van der Waals surface area (Å²) >= 11 is 0. The molecule has 46 heavy (non-hydrogen) atoms. The van der Waals surface area contributed by atoms with Crippen molar-refractivity contribution in [3.63, 3.8) is 0 Å². The predicted molar refractivity (Wildman–Crippen MR) is 157 cm³/mol. The van der Waals surface area contributed by atoms with Crippen LogP contribution >= 0.6 is 0 Å². The lowest BCUT2D eigenvalue weighted by molar-refractivity contribution is -0.376. The molecule has 1 saturated heterocycles. The van der Waals surface area contributed by atoms with Crippen LogP contribution in [0.2, 0.25) is 0 Å². The zero-order valence-corrected chi connectivity index (χ0v) is 26.2. The van der Waals surface area contributed by atoms with Crippen LogP contribution in [0, 0.1) is 6.92 Å². The standard InChI is InChI=1S/C33H35F6N3O4/c1-7-8-20-15-24(31(45,32(34,35)36)33(37,38)39)13-14-25(20)46-26-16-21(19(2)17-40-26)18-42-27(43)30(6,41-28(42)44)23-11-9-22(10-12-23)29(3,4)5/h9-17,45H,7-8,18H2,1-6H3,(H,41,44). The SMILES string of the molecule is CCCc1cc(C(O)(C(F)(F)F)C(F)(F)F)ccc1Oc1cc(CN2C(=O)NC(C)(c3ccc(C(C)(C)C)cc3)C2=O)c(C)cn1. The maximum atomic E-state index is 13.6. The van der Waals surface area contributed by atoms with E-state index in [1.807, 2.05) is 12.1 Å². The molecule has 13 heteroatoms. The Labute approximate surface area is 262 Å². The zero-order chi connectivity index (χ0) is 34.5. The van der Waals surface area contributed by atoms with Crippen molar-refractivity contribution in [3.8, 4) is 11.6 Å². The summed E-state index contributed by atoms with van der Waals surface area (Å²) in [7, 11) is 0. The van der Waals surface area contributed by atoms with Gasteiger partial charge in [0.1, 0.15) is 11.3 Å². The van der Waals surface area contributed by atoms with Crippen molar-refractivity contribution < 1.29 is 45.8 Å². The molecule has 1 aliphatic heterocycles. The molecule has 1 atom stereocenters. The highest BCUT2D eigenvalue weighted by Crippen LogP contribution is 2.50. The van der Waals surface area contributed by atoms with E-state index in [9.17, 15) is 41.0 Å². The fourth-order valence-electron chi connectivity index (χ4n) is 5.25. The Morgan fingerprint density at radius 3 is 2.04 bits per heavy atom. The van der Waals surface area contributed by atoms with Crippen LogP contribution in [0.1, 0.15) is 74.4 Å². The first-order valence-corrected chi connectivity index (χ1v) is 14.5. The maximum absolute atomic E-state index is 13.6. The number of aromatic nitrogens is 1. The summed E-state index contributed by atoms with van der Waals surface area (Å²) in [5.41, 5.74) is -5.19. The number of carbonyl (C=O) groups is 2. The molecule has 0 radical (unpaired) electrons. The Hall–Kier alpha value is -4.13. The van der Waals surface area contributed by atoms with Gasteiger partial charge >= 0.3 is 18.4 Å². The van der Waals surface area contributed by atoms with Gasteiger partial charge in [-0.25, -0.2) is 9.78 Å². The smallest absolute Gasteiger partial charge is 0.430 e. The van der Waals surface area contributed by atoms with Crippen molar-refractivity contribution in [1.29, 1.82) is 0 Å². The van der Waals surface area contributed by atoms with Gasteiger partial charge in [0, 0.05) is 17.8 Å². The predicted octanol–water partition coefficient (Wildman–Crippen LogP) is 7.71. The summed E-state index contributed by atoms with van der Waals surface area (Å²) in [6.07, 6.45) is -10.3. The van der Waals surface area contributed by atoms with Crippen molar-refractivity contribution in [3.05, 3.63) is 88.1 Å². The number of hydrogen-bond donors (Lipinski definition) is 2. The summed E-state index contributed by atoms with van der Waals surface area (Å²) in [4.78, 5) is 31.8. The van der Waals surface area contributed by atoms with E-state index >= 15 is 0 Å². The topological polar surface area (TPSA) is 91.8 Å². The van der Waals surface area contributed by atoms with E-state index < -0.39 is 41.0 Å². The lowest BCUT2D eigenvalue weighted by Gasteiger charge is -2.33. The highest BCUT2D eigenvalue weighted by atomic mass is 19.4. The molecule has 3 aromatic rings. The van der Waals surface area contributed by atoms with Crippen LogP contribution in [-0.2, 0) is 34.3 Å². The number of rotatable bonds is 8. The summed E-state index contributed by atoms with van der Waals surface area (Å²) in [6.45, 7) is 11.0. The first-order valence-electron chi connectivity index (χ1n) is 14.5. The van der Waals surface area contributed by atoms with Crippen molar-refractivity contribution in [2.45, 2.75) is 89.8 Å². The quantitative estimate of drug-likeness (QED) is 0.192. The Kier molecular flexibility index (Phi) is 8.99. The third-order valence-electron chi connectivity index (χ3n) is 8.15. The van der Waals surface area contributed by atoms with Gasteiger partial charge in [0.25, 0.3) is 11.5 Å². The van der Waals surface area contributed by atoms with Crippen molar-refractivity contribution in [1.82, 2.24) is 15.2 Å². The first-order chi connectivity index (χ1) is 21.1. The van der Waals surface area contributed by atoms with Gasteiger partial charge in [-0.3, -0.25) is 9.69 Å². The number of imide groups is 1. The van der Waals surface area contributed by atoms with Crippen LogP contribution in [0.3, 0.4) is 0 Å². The average molecular weight is 652 g/mol. The van der Waals surface area contributed by atoms with Gasteiger partial charge in [-0.2, -0.15) is 26.3 Å². The number of amides is 3. The van der Waals surface area contributed by atoms with Gasteiger partial charge in [0.05, 0.1) is 6.54 Å². The van der Waals surface area contributed by atoms with Gasteiger partial charge < -0.3 is 15.2 Å². The summed E-state index contributed by atoms with van der Waals surface area (Å²) in [5, 5.41) is 12.6. The second-order valence-corrected chi connectivity index (χ2v) is 12.6. The Morgan fingerprint density at radius 2 is 1.50 bits per heavy atom. The van der Waals surface area contributed by atoms with Crippen LogP contribution < -0.4 is 10.1 Å². The van der Waals surface area contributed by atoms with Gasteiger partial charge in [-0.05, 0) is 65.6 Å². The molecule has 1 unspecified atom stereocenters. The van der Waals surface area contributed by atoms with Crippen LogP contribution in [0.15, 0.2) is 54.7 Å². The molecule has 0 saturated carbocycles. The minimum atomic E-state index is -6.03. The lowest BCUT2D eigenvalue weighted by atomic mass is 9.84. The molecule has 1 aromatic heterocycles. The van der Waals surface area contributed by atoms with E-state index in [-0.39, 0.29) is 35.6 Å². The number of nitrogens with zero attached hydrogens (tertiary/aromatic N) is 2. The van der Waals surface area contributed by atoms with Crippen LogP contribution in [0.25, 0.3) is 0 Å². The van der Waals surface area contributed by atoms with Gasteiger partial charge in [-0.1, -0.05) is 64.4 Å². The summed E-state index contributed by atoms with van der Waals surface area (Å²) in [5.74, 6) is -0.622. The number of pyridine rings is 1. The van der Waals surface area contributed by atoms with Crippen molar-refractivity contribution in [2.24, 2.45) is 0 Å². The third kappa shape index (κ3) is 6.29. The minimum Gasteiger partial charge on any atom is -0.439 e. The summed E-state index contributed by atoms with van der Waals surface area (Å²) in [6, 6.07) is 10.3. The molecule has 248 valence electrons. The third-order valence-corrected chi connectivity index (χ3v) is 8.15. The van der Waals surface area contributed by atoms with E-state index in [4.69, 9.17) is 4.74 Å². The van der Waals surface area contributed by atoms with Crippen LogP contribution in [0.5, 0.6) is 11.6 Å². The van der Waals surface area contributed by atoms with Gasteiger partial charge in [0.15, 0.2) is 0 Å². The highest BCUT2D eigenvalue weighted by Gasteiger charge is 2.71. The molecule has 0 aliphatic carbocycles. The molecule has 2 N–H and O–H groups in total. The van der Waals surface area contributed by atoms with Gasteiger partial charge in [-0.15, -0.1) is 0 Å². The fraction of sp³-hybridized carbons (Fsp3) is 0.424. The Morgan fingerprint density at radius 1 is 0.913 bits per heavy atom. The molecule has 1 fully saturated rings. The van der Waals surface area contributed by atoms with E-state index in [1.54, 1.807) is 32.9 Å². The normalized spacial score (nSPS) is 17.8. The second kappa shape index (κ2) is 11.9. The zero-order valence-electron chi connectivity index (χ0n) is 26.2. The molecule has 2 heterocycles. The number of carbonyl (C=O) groups excluding carboxylic acids is 2. The van der Waals surface area contributed by atoms with Gasteiger partial charge in [0.2, 0.25) is 5.88 Å². The van der Waals surface area contributed by atoms with E-state index in [1.165, 1.54) is 12.3 Å². The van der Waals surface area contributed by atoms with Crippen molar-refractivity contribution >= 4 is 11.9 Å². The minimum absolute atomic E-state index is 0.0156. The number of aryl methyl sites for hydroxylation is 2. The molecule has 4 rings (SSSR count). The molecular weight excluding hydrogens is 616 g/mol. The second-order valence-electron chi connectivity index (χ2n) is 12.6. The number of nitrogens with one attached hydrogen (secondary N) is 1. The van der Waals surface area contributed by atoms with E-state index in [0.717, 1.165) is 16.5 Å². The molecule has 0 bridgehead atoms. The number of halogens is 6. The first kappa shape index (κ1) is 34.7. The number of benzene rings is 2. The fourth-order valence-corrected chi connectivity index (χ4v) is 5.25. The lowest BCUT2D eigenvalue weighted by Crippen LogP contribution is -2.53. The number of alkyl halides is 6. The Bertz CT molecular complexity index is 1620. The number of urea groups is 1. The molecular formula is C33H35F6N3O4. The molecule has 7 nitrogen and oxygen atoms in total. The van der Waals surface area contributed by atoms with E-state index in [0.29, 0.717) is 35.2 Å². The van der Waals surface area contributed by atoms with Crippen LogP contribution in [0.4, 0.5) is 31.1 Å². The number of hydrogen-bond acceptors (Lipinski definition) is 5.